The highest BCUT2D eigenvalue weighted by atomic mass is 35.5. The number of Topliss-reactive ketones (excluding diaryl/α,β-unsaturated/α-hetero) is 1. The summed E-state index contributed by atoms with van der Waals surface area (Å²) < 4.78 is 13.3. The third kappa shape index (κ3) is 2.96. The highest BCUT2D eigenvalue weighted by Gasteiger charge is 2.07. The molecule has 4 heteroatoms. The number of halogens is 3. The van der Waals surface area contributed by atoms with E-state index in [-0.39, 0.29) is 24.0 Å². The Labute approximate surface area is 91.8 Å². The zero-order valence-corrected chi connectivity index (χ0v) is 8.91. The van der Waals surface area contributed by atoms with Crippen LogP contribution in [0.4, 0.5) is 4.39 Å². The van der Waals surface area contributed by atoms with E-state index in [1.165, 1.54) is 6.07 Å². The van der Waals surface area contributed by atoms with Crippen molar-refractivity contribution in [3.05, 3.63) is 35.1 Å². The molecule has 0 saturated carbocycles. The fourth-order valence-electron chi connectivity index (χ4n) is 1.08. The number of alkyl halides is 2. The molecule has 1 aromatic rings. The van der Waals surface area contributed by atoms with Crippen LogP contribution < -0.4 is 0 Å². The number of benzene rings is 1. The monoisotopic (exact) mass is 234 g/mol. The van der Waals surface area contributed by atoms with Crippen LogP contribution in [-0.4, -0.2) is 11.7 Å². The Kier molecular flexibility index (Phi) is 4.36. The molecule has 0 saturated heterocycles. The van der Waals surface area contributed by atoms with Gasteiger partial charge in [0.2, 0.25) is 0 Å². The summed E-state index contributed by atoms with van der Waals surface area (Å²) in [6, 6.07) is 4.61. The molecule has 0 spiro atoms. The van der Waals surface area contributed by atoms with E-state index >= 15 is 0 Å². The van der Waals surface area contributed by atoms with Crippen LogP contribution in [-0.2, 0) is 17.1 Å². The molecule has 0 heterocycles. The molecule has 1 nitrogen and oxygen atoms in total. The minimum Gasteiger partial charge on any atom is -0.298 e. The van der Waals surface area contributed by atoms with Gasteiger partial charge in [-0.3, -0.25) is 4.79 Å². The van der Waals surface area contributed by atoms with Crippen molar-refractivity contribution in [2.24, 2.45) is 0 Å². The molecule has 1 aromatic carbocycles. The molecule has 0 N–H and O–H groups in total. The predicted octanol–water partition coefficient (Wildman–Crippen LogP) is 2.91. The van der Waals surface area contributed by atoms with Crippen molar-refractivity contribution in [1.29, 1.82) is 0 Å². The maximum absolute atomic E-state index is 13.3. The highest BCUT2D eigenvalue weighted by Crippen LogP contribution is 2.13. The molecule has 0 aliphatic rings. The van der Waals surface area contributed by atoms with Crippen molar-refractivity contribution >= 4 is 29.0 Å². The molecule has 0 aliphatic heterocycles. The smallest absolute Gasteiger partial charge is 0.152 e. The van der Waals surface area contributed by atoms with Crippen molar-refractivity contribution < 1.29 is 9.18 Å². The molecule has 0 fully saturated rings. The first-order valence-corrected chi connectivity index (χ1v) is 5.15. The lowest BCUT2D eigenvalue weighted by molar-refractivity contribution is -0.116. The van der Waals surface area contributed by atoms with Crippen molar-refractivity contribution in [3.63, 3.8) is 0 Å². The Balaban J connectivity index is 2.83. The van der Waals surface area contributed by atoms with Crippen LogP contribution in [0.2, 0.25) is 0 Å². The summed E-state index contributed by atoms with van der Waals surface area (Å²) >= 11 is 10.8. The van der Waals surface area contributed by atoms with Crippen LogP contribution in [0.15, 0.2) is 18.2 Å². The summed E-state index contributed by atoms with van der Waals surface area (Å²) in [6.07, 6.45) is 0.0396. The Morgan fingerprint density at radius 1 is 1.36 bits per heavy atom. The third-order valence-corrected chi connectivity index (χ3v) is 2.42. The Hall–Kier alpha value is -0.600. The molecule has 76 valence electrons. The van der Waals surface area contributed by atoms with E-state index in [0.29, 0.717) is 11.1 Å². The molecule has 0 radical (unpaired) electrons. The first-order chi connectivity index (χ1) is 6.67. The maximum Gasteiger partial charge on any atom is 0.152 e. The number of carbonyl (C=O) groups is 1. The van der Waals surface area contributed by atoms with Gasteiger partial charge in [-0.15, -0.1) is 23.2 Å². The van der Waals surface area contributed by atoms with Gasteiger partial charge in [0.25, 0.3) is 0 Å². The molecule has 0 amide bonds. The second-order valence-electron chi connectivity index (χ2n) is 2.91. The van der Waals surface area contributed by atoms with Gasteiger partial charge < -0.3 is 0 Å². The van der Waals surface area contributed by atoms with E-state index in [2.05, 4.69) is 0 Å². The summed E-state index contributed by atoms with van der Waals surface area (Å²) in [5.74, 6) is -0.414. The quantitative estimate of drug-likeness (QED) is 0.733. The van der Waals surface area contributed by atoms with Crippen LogP contribution in [0.5, 0.6) is 0 Å². The molecule has 0 atom stereocenters. The average Bonchev–Trinajstić information content (AvgIpc) is 2.20. The van der Waals surface area contributed by atoms with Gasteiger partial charge in [-0.05, 0) is 17.2 Å². The van der Waals surface area contributed by atoms with Gasteiger partial charge in [-0.2, -0.15) is 0 Å². The largest absolute Gasteiger partial charge is 0.298 e. The number of ketones is 1. The zero-order valence-electron chi connectivity index (χ0n) is 7.40. The van der Waals surface area contributed by atoms with Crippen molar-refractivity contribution in [2.75, 3.05) is 5.88 Å². The number of hydrogen-bond acceptors (Lipinski definition) is 1. The fourth-order valence-corrected chi connectivity index (χ4v) is 1.34. The lowest BCUT2D eigenvalue weighted by Crippen LogP contribution is -2.05. The lowest BCUT2D eigenvalue weighted by Gasteiger charge is -2.02. The SMILES string of the molecule is O=C(CCl)Cc1ccc(CCl)cc1F. The van der Waals surface area contributed by atoms with Crippen LogP contribution >= 0.6 is 23.2 Å². The lowest BCUT2D eigenvalue weighted by atomic mass is 10.1. The van der Waals surface area contributed by atoms with Crippen LogP contribution in [0, 0.1) is 5.82 Å². The van der Waals surface area contributed by atoms with Gasteiger partial charge in [0.1, 0.15) is 5.82 Å². The standard InChI is InChI=1S/C10H9Cl2FO/c11-5-7-1-2-8(10(13)3-7)4-9(14)6-12/h1-3H,4-6H2. The van der Waals surface area contributed by atoms with Gasteiger partial charge in [0.05, 0.1) is 5.88 Å². The van der Waals surface area contributed by atoms with E-state index in [1.54, 1.807) is 12.1 Å². The van der Waals surface area contributed by atoms with Crippen LogP contribution in [0.1, 0.15) is 11.1 Å². The number of carbonyl (C=O) groups excluding carboxylic acids is 1. The van der Waals surface area contributed by atoms with Crippen molar-refractivity contribution in [1.82, 2.24) is 0 Å². The number of hydrogen-bond donors (Lipinski definition) is 0. The van der Waals surface area contributed by atoms with E-state index in [9.17, 15) is 9.18 Å². The van der Waals surface area contributed by atoms with Crippen LogP contribution in [0.3, 0.4) is 0 Å². The predicted molar refractivity (Wildman–Crippen MR) is 55.4 cm³/mol. The molecular weight excluding hydrogens is 226 g/mol. The van der Waals surface area contributed by atoms with Crippen LogP contribution in [0.25, 0.3) is 0 Å². The normalized spacial score (nSPS) is 10.2. The Morgan fingerprint density at radius 3 is 2.57 bits per heavy atom. The van der Waals surface area contributed by atoms with E-state index in [1.807, 2.05) is 0 Å². The van der Waals surface area contributed by atoms with Crippen molar-refractivity contribution in [2.45, 2.75) is 12.3 Å². The first-order valence-electron chi connectivity index (χ1n) is 4.08. The van der Waals surface area contributed by atoms with Crippen molar-refractivity contribution in [3.8, 4) is 0 Å². The second-order valence-corrected chi connectivity index (χ2v) is 3.44. The molecule has 1 rings (SSSR count). The minimum absolute atomic E-state index is 0.0396. The Bertz CT molecular complexity index is 339. The summed E-state index contributed by atoms with van der Waals surface area (Å²) in [5.41, 5.74) is 1.07. The minimum atomic E-state index is -0.401. The molecule has 0 aromatic heterocycles. The average molecular weight is 235 g/mol. The van der Waals surface area contributed by atoms with E-state index < -0.39 is 5.82 Å². The maximum atomic E-state index is 13.3. The molecule has 0 unspecified atom stereocenters. The number of rotatable bonds is 4. The first kappa shape index (κ1) is 11.5. The second kappa shape index (κ2) is 5.32. The summed E-state index contributed by atoms with van der Waals surface area (Å²) in [7, 11) is 0. The highest BCUT2D eigenvalue weighted by molar-refractivity contribution is 6.27. The van der Waals surface area contributed by atoms with Gasteiger partial charge in [0, 0.05) is 12.3 Å². The van der Waals surface area contributed by atoms with Gasteiger partial charge >= 0.3 is 0 Å². The molecule has 14 heavy (non-hydrogen) atoms. The zero-order chi connectivity index (χ0) is 10.6. The van der Waals surface area contributed by atoms with Gasteiger partial charge in [-0.25, -0.2) is 4.39 Å². The fraction of sp³-hybridized carbons (Fsp3) is 0.300. The molecule has 0 aliphatic carbocycles. The molecule has 0 bridgehead atoms. The summed E-state index contributed by atoms with van der Waals surface area (Å²) in [4.78, 5) is 11.0. The van der Waals surface area contributed by atoms with Gasteiger partial charge in [-0.1, -0.05) is 12.1 Å². The summed E-state index contributed by atoms with van der Waals surface area (Å²) in [5, 5.41) is 0. The van der Waals surface area contributed by atoms with E-state index in [4.69, 9.17) is 23.2 Å². The third-order valence-electron chi connectivity index (χ3n) is 1.81. The molecular formula is C10H9Cl2FO. The Morgan fingerprint density at radius 2 is 2.07 bits per heavy atom. The van der Waals surface area contributed by atoms with Gasteiger partial charge in [0.15, 0.2) is 5.78 Å². The summed E-state index contributed by atoms with van der Waals surface area (Å²) in [6.45, 7) is 0. The van der Waals surface area contributed by atoms with E-state index in [0.717, 1.165) is 0 Å². The topological polar surface area (TPSA) is 17.1 Å².